The molecule has 0 bridgehead atoms. The van der Waals surface area contributed by atoms with Gasteiger partial charge < -0.3 is 19.5 Å². The van der Waals surface area contributed by atoms with Crippen LogP contribution in [-0.4, -0.2) is 60.6 Å². The van der Waals surface area contributed by atoms with Crippen LogP contribution >= 0.6 is 11.6 Å². The number of carbonyl (C=O) groups is 3. The molecule has 1 heterocycles. The Kier molecular flexibility index (Phi) is 8.25. The lowest BCUT2D eigenvalue weighted by atomic mass is 9.89. The number of rotatable bonds is 9. The van der Waals surface area contributed by atoms with Gasteiger partial charge in [-0.25, -0.2) is 4.79 Å². The summed E-state index contributed by atoms with van der Waals surface area (Å²) in [5, 5.41) is 9.65. The van der Waals surface area contributed by atoms with Gasteiger partial charge in [0.15, 0.2) is 18.5 Å². The number of ketones is 1. The van der Waals surface area contributed by atoms with Gasteiger partial charge in [-0.1, -0.05) is 23.7 Å². The van der Waals surface area contributed by atoms with Crippen molar-refractivity contribution in [3.05, 3.63) is 64.7 Å². The van der Waals surface area contributed by atoms with Crippen molar-refractivity contribution in [2.45, 2.75) is 25.4 Å². The van der Waals surface area contributed by atoms with Crippen LogP contribution in [0.1, 0.15) is 28.8 Å². The van der Waals surface area contributed by atoms with E-state index in [9.17, 15) is 14.4 Å². The Morgan fingerprint density at radius 3 is 2.25 bits per heavy atom. The molecular weight excluding hydrogens is 434 g/mol. The number of carboxylic acid groups (broad SMARTS) is 1. The normalized spacial score (nSPS) is 15.2. The third-order valence-corrected chi connectivity index (χ3v) is 5.87. The van der Waals surface area contributed by atoms with Gasteiger partial charge in [-0.15, -0.1) is 0 Å². The van der Waals surface area contributed by atoms with Gasteiger partial charge >= 0.3 is 5.97 Å². The van der Waals surface area contributed by atoms with E-state index in [-0.39, 0.29) is 30.6 Å². The molecule has 2 aromatic carbocycles. The average molecular weight is 460 g/mol. The minimum Gasteiger partial charge on any atom is -0.484 e. The molecule has 1 amide bonds. The third-order valence-electron chi connectivity index (χ3n) is 5.61. The second kappa shape index (κ2) is 11.1. The average Bonchev–Trinajstić information content (AvgIpc) is 2.81. The van der Waals surface area contributed by atoms with Gasteiger partial charge in [0, 0.05) is 43.1 Å². The molecule has 0 aromatic heterocycles. The number of methoxy groups -OCH3 is 1. The molecule has 32 heavy (non-hydrogen) atoms. The molecule has 3 rings (SSSR count). The van der Waals surface area contributed by atoms with Gasteiger partial charge in [0.05, 0.1) is 0 Å². The zero-order chi connectivity index (χ0) is 23.1. The first-order valence-electron chi connectivity index (χ1n) is 10.4. The van der Waals surface area contributed by atoms with Crippen molar-refractivity contribution in [2.75, 3.05) is 26.8 Å². The van der Waals surface area contributed by atoms with Crippen LogP contribution in [0.3, 0.4) is 0 Å². The van der Waals surface area contributed by atoms with Crippen molar-refractivity contribution in [1.29, 1.82) is 0 Å². The van der Waals surface area contributed by atoms with E-state index in [1.165, 1.54) is 7.11 Å². The molecule has 0 unspecified atom stereocenters. The summed E-state index contributed by atoms with van der Waals surface area (Å²) in [4.78, 5) is 37.9. The van der Waals surface area contributed by atoms with E-state index in [0.29, 0.717) is 42.3 Å². The topological polar surface area (TPSA) is 93.1 Å². The Morgan fingerprint density at radius 1 is 1.06 bits per heavy atom. The van der Waals surface area contributed by atoms with Crippen LogP contribution in [0.4, 0.5) is 0 Å². The van der Waals surface area contributed by atoms with Crippen molar-refractivity contribution in [1.82, 2.24) is 4.90 Å². The second-order valence-corrected chi connectivity index (χ2v) is 8.16. The standard InChI is InChI=1S/C24H26ClNO6/c1-31-21(24(29)30)14-16-2-8-20(9-3-16)32-15-22(27)26-12-10-18(11-13-26)23(28)17-4-6-19(25)7-5-17/h2-9,18,21H,10-15H2,1H3,(H,29,30)/t21-/m0/s1. The van der Waals surface area contributed by atoms with Gasteiger partial charge in [-0.05, 0) is 54.8 Å². The highest BCUT2D eigenvalue weighted by molar-refractivity contribution is 6.30. The second-order valence-electron chi connectivity index (χ2n) is 7.73. The quantitative estimate of drug-likeness (QED) is 0.577. The predicted octanol–water partition coefficient (Wildman–Crippen LogP) is 3.48. The smallest absolute Gasteiger partial charge is 0.333 e. The van der Waals surface area contributed by atoms with Crippen molar-refractivity contribution in [3.8, 4) is 5.75 Å². The van der Waals surface area contributed by atoms with Crippen LogP contribution in [0, 0.1) is 5.92 Å². The van der Waals surface area contributed by atoms with Gasteiger partial charge in [0.25, 0.3) is 5.91 Å². The number of aliphatic carboxylic acids is 1. The van der Waals surface area contributed by atoms with Gasteiger partial charge in [0.2, 0.25) is 0 Å². The molecular formula is C24H26ClNO6. The van der Waals surface area contributed by atoms with Gasteiger partial charge in [0.1, 0.15) is 5.75 Å². The van der Waals surface area contributed by atoms with E-state index in [0.717, 1.165) is 5.56 Å². The number of hydrogen-bond acceptors (Lipinski definition) is 5. The molecule has 1 fully saturated rings. The summed E-state index contributed by atoms with van der Waals surface area (Å²) in [5.74, 6) is -0.632. The first-order valence-corrected chi connectivity index (χ1v) is 10.8. The summed E-state index contributed by atoms with van der Waals surface area (Å²) in [7, 11) is 1.36. The number of likely N-dealkylation sites (tertiary alicyclic amines) is 1. The molecule has 1 N–H and O–H groups in total. The summed E-state index contributed by atoms with van der Waals surface area (Å²) in [6.45, 7) is 0.933. The van der Waals surface area contributed by atoms with Crippen LogP contribution in [0.25, 0.3) is 0 Å². The largest absolute Gasteiger partial charge is 0.484 e. The lowest BCUT2D eigenvalue weighted by molar-refractivity contribution is -0.148. The molecule has 170 valence electrons. The fourth-order valence-electron chi connectivity index (χ4n) is 3.68. The molecule has 1 atom stereocenters. The Morgan fingerprint density at radius 2 is 1.69 bits per heavy atom. The Balaban J connectivity index is 1.44. The lowest BCUT2D eigenvalue weighted by Gasteiger charge is -2.31. The fourth-order valence-corrected chi connectivity index (χ4v) is 3.81. The number of amides is 1. The number of ether oxygens (including phenoxy) is 2. The molecule has 7 nitrogen and oxygen atoms in total. The number of halogens is 1. The first-order chi connectivity index (χ1) is 15.4. The summed E-state index contributed by atoms with van der Waals surface area (Å²) >= 11 is 5.88. The number of hydrogen-bond donors (Lipinski definition) is 1. The summed E-state index contributed by atoms with van der Waals surface area (Å²) in [5.41, 5.74) is 1.44. The van der Waals surface area contributed by atoms with Crippen LogP contribution in [0.5, 0.6) is 5.75 Å². The number of piperidine rings is 1. The number of nitrogens with zero attached hydrogens (tertiary/aromatic N) is 1. The van der Waals surface area contributed by atoms with Crippen LogP contribution < -0.4 is 4.74 Å². The molecule has 0 aliphatic carbocycles. The highest BCUT2D eigenvalue weighted by atomic mass is 35.5. The highest BCUT2D eigenvalue weighted by Crippen LogP contribution is 2.23. The minimum atomic E-state index is -1.02. The number of carboxylic acids is 1. The zero-order valence-corrected chi connectivity index (χ0v) is 18.6. The molecule has 1 aliphatic heterocycles. The van der Waals surface area contributed by atoms with Crippen molar-refractivity contribution in [3.63, 3.8) is 0 Å². The van der Waals surface area contributed by atoms with E-state index in [2.05, 4.69) is 0 Å². The maximum atomic E-state index is 12.6. The number of Topliss-reactive ketones (excluding diaryl/α,β-unsaturated/α-hetero) is 1. The van der Waals surface area contributed by atoms with E-state index < -0.39 is 12.1 Å². The van der Waals surface area contributed by atoms with Gasteiger partial charge in [-0.3, -0.25) is 9.59 Å². The third kappa shape index (κ3) is 6.31. The van der Waals surface area contributed by atoms with Crippen molar-refractivity contribution < 1.29 is 29.0 Å². The summed E-state index contributed by atoms with van der Waals surface area (Å²) in [6, 6.07) is 13.8. The zero-order valence-electron chi connectivity index (χ0n) is 17.8. The molecule has 1 aliphatic rings. The summed E-state index contributed by atoms with van der Waals surface area (Å²) in [6.07, 6.45) is 0.574. The molecule has 0 spiro atoms. The molecule has 1 saturated heterocycles. The van der Waals surface area contributed by atoms with Crippen LogP contribution in [-0.2, 0) is 20.7 Å². The van der Waals surface area contributed by atoms with Crippen molar-refractivity contribution >= 4 is 29.3 Å². The maximum Gasteiger partial charge on any atom is 0.333 e. The van der Waals surface area contributed by atoms with Crippen LogP contribution in [0.15, 0.2) is 48.5 Å². The maximum absolute atomic E-state index is 12.6. The SMILES string of the molecule is CO[C@@H](Cc1ccc(OCC(=O)N2CCC(C(=O)c3ccc(Cl)cc3)CC2)cc1)C(=O)O. The Labute approximate surface area is 191 Å². The highest BCUT2D eigenvalue weighted by Gasteiger charge is 2.28. The molecule has 2 aromatic rings. The van der Waals surface area contributed by atoms with Crippen LogP contribution in [0.2, 0.25) is 5.02 Å². The first kappa shape index (κ1) is 23.8. The monoisotopic (exact) mass is 459 g/mol. The van der Waals surface area contributed by atoms with Crippen molar-refractivity contribution in [2.24, 2.45) is 5.92 Å². The Bertz CT molecular complexity index is 936. The predicted molar refractivity (Wildman–Crippen MR) is 119 cm³/mol. The lowest BCUT2D eigenvalue weighted by Crippen LogP contribution is -2.42. The number of benzene rings is 2. The van der Waals surface area contributed by atoms with Gasteiger partial charge in [-0.2, -0.15) is 0 Å². The molecule has 0 saturated carbocycles. The fraction of sp³-hybridized carbons (Fsp3) is 0.375. The summed E-state index contributed by atoms with van der Waals surface area (Å²) < 4.78 is 10.5. The molecule has 0 radical (unpaired) electrons. The number of carbonyl (C=O) groups excluding carboxylic acids is 2. The van der Waals surface area contributed by atoms with E-state index in [1.807, 2.05) is 0 Å². The van der Waals surface area contributed by atoms with E-state index in [4.69, 9.17) is 26.2 Å². The Hall–Kier alpha value is -2.90. The van der Waals surface area contributed by atoms with E-state index >= 15 is 0 Å². The van der Waals surface area contributed by atoms with E-state index in [1.54, 1.807) is 53.4 Å². The minimum absolute atomic E-state index is 0.0868. The molecule has 8 heteroatoms.